The first kappa shape index (κ1) is 15.6. The van der Waals surface area contributed by atoms with Gasteiger partial charge in [0.25, 0.3) is 5.97 Å². The molecule has 5 nitrogen and oxygen atoms in total. The number of benzene rings is 1. The summed E-state index contributed by atoms with van der Waals surface area (Å²) in [6.45, 7) is 0. The molecule has 0 aromatic heterocycles. The van der Waals surface area contributed by atoms with Gasteiger partial charge < -0.3 is 19.4 Å². The minimum atomic E-state index is -1.03. The van der Waals surface area contributed by atoms with Crippen molar-refractivity contribution in [3.05, 3.63) is 35.9 Å². The van der Waals surface area contributed by atoms with Crippen molar-refractivity contribution in [1.29, 1.82) is 0 Å². The van der Waals surface area contributed by atoms with Crippen LogP contribution >= 0.6 is 0 Å². The third-order valence-corrected chi connectivity index (χ3v) is 3.06. The van der Waals surface area contributed by atoms with E-state index in [1.807, 2.05) is 30.3 Å². The molecular weight excluding hydrogens is 246 g/mol. The van der Waals surface area contributed by atoms with E-state index in [9.17, 15) is 0 Å². The average Bonchev–Trinajstić information content (AvgIpc) is 2.49. The summed E-state index contributed by atoms with van der Waals surface area (Å²) in [6, 6.07) is 9.55. The van der Waals surface area contributed by atoms with Crippen molar-refractivity contribution in [3.63, 3.8) is 0 Å². The molecule has 1 N–H and O–H groups in total. The summed E-state index contributed by atoms with van der Waals surface area (Å²) in [5.41, 5.74) is 1.54. The van der Waals surface area contributed by atoms with Crippen LogP contribution in [-0.4, -0.2) is 38.2 Å². The molecule has 0 bridgehead atoms. The highest BCUT2D eigenvalue weighted by Crippen LogP contribution is 2.21. The van der Waals surface area contributed by atoms with E-state index in [2.05, 4.69) is 5.16 Å². The van der Waals surface area contributed by atoms with E-state index in [4.69, 9.17) is 19.4 Å². The highest BCUT2D eigenvalue weighted by atomic mass is 16.9. The summed E-state index contributed by atoms with van der Waals surface area (Å²) >= 11 is 0. The lowest BCUT2D eigenvalue weighted by molar-refractivity contribution is -0.355. The normalized spacial score (nSPS) is 12.7. The van der Waals surface area contributed by atoms with Gasteiger partial charge in [0.05, 0.1) is 5.71 Å². The molecule has 0 spiro atoms. The molecule has 1 aromatic rings. The van der Waals surface area contributed by atoms with E-state index < -0.39 is 5.97 Å². The van der Waals surface area contributed by atoms with Crippen LogP contribution in [0.15, 0.2) is 35.5 Å². The van der Waals surface area contributed by atoms with Crippen LogP contribution in [0.1, 0.15) is 24.8 Å². The molecule has 106 valence electrons. The van der Waals surface area contributed by atoms with Gasteiger partial charge in [0.15, 0.2) is 0 Å². The molecule has 1 aromatic carbocycles. The summed E-state index contributed by atoms with van der Waals surface area (Å²) in [4.78, 5) is 0. The second kappa shape index (κ2) is 7.89. The van der Waals surface area contributed by atoms with Gasteiger partial charge in [-0.05, 0) is 18.4 Å². The van der Waals surface area contributed by atoms with Gasteiger partial charge in [0, 0.05) is 27.8 Å². The zero-order valence-electron chi connectivity index (χ0n) is 11.6. The Balaban J connectivity index is 2.56. The zero-order valence-corrected chi connectivity index (χ0v) is 11.6. The first-order valence-corrected chi connectivity index (χ1v) is 6.13. The summed E-state index contributed by atoms with van der Waals surface area (Å²) in [6.07, 6.45) is 1.87. The van der Waals surface area contributed by atoms with Gasteiger partial charge in [-0.25, -0.2) is 0 Å². The minimum Gasteiger partial charge on any atom is -0.411 e. The van der Waals surface area contributed by atoms with Gasteiger partial charge >= 0.3 is 0 Å². The lowest BCUT2D eigenvalue weighted by atomic mass is 10.0. The molecular formula is C14H21NO4. The van der Waals surface area contributed by atoms with Crippen molar-refractivity contribution < 1.29 is 19.4 Å². The molecule has 0 radical (unpaired) electrons. The maximum absolute atomic E-state index is 9.07. The Morgan fingerprint density at radius 3 is 2.16 bits per heavy atom. The van der Waals surface area contributed by atoms with E-state index in [0.717, 1.165) is 5.56 Å². The Hall–Kier alpha value is -1.43. The summed E-state index contributed by atoms with van der Waals surface area (Å²) < 4.78 is 15.6. The smallest absolute Gasteiger partial charge is 0.282 e. The van der Waals surface area contributed by atoms with Crippen LogP contribution in [-0.2, 0) is 14.2 Å². The Morgan fingerprint density at radius 1 is 1.11 bits per heavy atom. The molecule has 0 atom stereocenters. The van der Waals surface area contributed by atoms with Crippen molar-refractivity contribution in [2.24, 2.45) is 5.16 Å². The molecule has 0 amide bonds. The van der Waals surface area contributed by atoms with E-state index in [1.54, 1.807) is 0 Å². The fourth-order valence-electron chi connectivity index (χ4n) is 1.91. The van der Waals surface area contributed by atoms with Crippen LogP contribution in [0.5, 0.6) is 0 Å². The maximum atomic E-state index is 9.07. The summed E-state index contributed by atoms with van der Waals surface area (Å²) in [7, 11) is 4.60. The minimum absolute atomic E-state index is 0.544. The zero-order chi connectivity index (χ0) is 14.1. The van der Waals surface area contributed by atoms with Gasteiger partial charge in [-0.2, -0.15) is 0 Å². The highest BCUT2D eigenvalue weighted by molar-refractivity contribution is 6.00. The molecule has 1 rings (SSSR count). The molecule has 0 saturated carbocycles. The Labute approximate surface area is 113 Å². The molecule has 0 unspecified atom stereocenters. The van der Waals surface area contributed by atoms with Crippen LogP contribution in [0, 0.1) is 0 Å². The van der Waals surface area contributed by atoms with Gasteiger partial charge in [0.2, 0.25) is 0 Å². The summed E-state index contributed by atoms with van der Waals surface area (Å²) in [5, 5.41) is 12.4. The summed E-state index contributed by atoms with van der Waals surface area (Å²) in [5.74, 6) is -1.03. The van der Waals surface area contributed by atoms with Gasteiger partial charge in [-0.3, -0.25) is 0 Å². The predicted octanol–water partition coefficient (Wildman–Crippen LogP) is 2.63. The highest BCUT2D eigenvalue weighted by Gasteiger charge is 2.28. The van der Waals surface area contributed by atoms with Gasteiger partial charge in [0.1, 0.15) is 0 Å². The monoisotopic (exact) mass is 267 g/mol. The van der Waals surface area contributed by atoms with Crippen molar-refractivity contribution in [1.82, 2.24) is 0 Å². The lowest BCUT2D eigenvalue weighted by Gasteiger charge is -2.28. The number of ether oxygens (including phenoxy) is 3. The lowest BCUT2D eigenvalue weighted by Crippen LogP contribution is -2.35. The molecule has 5 heteroatoms. The van der Waals surface area contributed by atoms with Crippen LogP contribution in [0.4, 0.5) is 0 Å². The first-order valence-electron chi connectivity index (χ1n) is 6.13. The molecule has 0 aliphatic carbocycles. The fraction of sp³-hybridized carbons (Fsp3) is 0.500. The van der Waals surface area contributed by atoms with Crippen LogP contribution in [0.3, 0.4) is 0 Å². The number of nitrogens with zero attached hydrogens (tertiary/aromatic N) is 1. The van der Waals surface area contributed by atoms with Crippen LogP contribution in [0.2, 0.25) is 0 Å². The molecule has 0 fully saturated rings. The predicted molar refractivity (Wildman–Crippen MR) is 72.4 cm³/mol. The van der Waals surface area contributed by atoms with Crippen LogP contribution in [0.25, 0.3) is 0 Å². The maximum Gasteiger partial charge on any atom is 0.282 e. The molecule has 0 saturated heterocycles. The first-order chi connectivity index (χ1) is 9.21. The topological polar surface area (TPSA) is 60.3 Å². The van der Waals surface area contributed by atoms with E-state index in [-0.39, 0.29) is 0 Å². The number of methoxy groups -OCH3 is 3. The van der Waals surface area contributed by atoms with Crippen LogP contribution < -0.4 is 0 Å². The number of hydrogen-bond donors (Lipinski definition) is 1. The second-order valence-electron chi connectivity index (χ2n) is 4.06. The SMILES string of the molecule is COC(CCCC(=NO)c1ccccc1)(OC)OC. The quantitative estimate of drug-likeness (QED) is 0.340. The Bertz CT molecular complexity index is 379. The van der Waals surface area contributed by atoms with Crippen molar-refractivity contribution in [3.8, 4) is 0 Å². The third-order valence-electron chi connectivity index (χ3n) is 3.06. The van der Waals surface area contributed by atoms with Crippen molar-refractivity contribution in [2.45, 2.75) is 25.2 Å². The molecule has 0 aliphatic heterocycles. The van der Waals surface area contributed by atoms with Crippen molar-refractivity contribution in [2.75, 3.05) is 21.3 Å². The van der Waals surface area contributed by atoms with Crippen molar-refractivity contribution >= 4 is 5.71 Å². The second-order valence-corrected chi connectivity index (χ2v) is 4.06. The Kier molecular flexibility index (Phi) is 6.49. The standard InChI is InChI=1S/C14H21NO4/c1-17-14(18-2,19-3)11-7-10-13(15-16)12-8-5-4-6-9-12/h4-6,8-9,16H,7,10-11H2,1-3H3. The largest absolute Gasteiger partial charge is 0.411 e. The number of rotatable bonds is 8. The number of oxime groups is 1. The van der Waals surface area contributed by atoms with E-state index >= 15 is 0 Å². The number of hydrogen-bond acceptors (Lipinski definition) is 5. The van der Waals surface area contributed by atoms with E-state index in [1.165, 1.54) is 21.3 Å². The Morgan fingerprint density at radius 2 is 1.68 bits per heavy atom. The average molecular weight is 267 g/mol. The molecule has 19 heavy (non-hydrogen) atoms. The molecule has 0 heterocycles. The van der Waals surface area contributed by atoms with Gasteiger partial charge in [-0.15, -0.1) is 0 Å². The van der Waals surface area contributed by atoms with E-state index in [0.29, 0.717) is 25.0 Å². The van der Waals surface area contributed by atoms with Gasteiger partial charge in [-0.1, -0.05) is 35.5 Å². The molecule has 0 aliphatic rings. The third kappa shape index (κ3) is 4.31. The fourth-order valence-corrected chi connectivity index (χ4v) is 1.91.